The first-order valence-corrected chi connectivity index (χ1v) is 5.81. The summed E-state index contributed by atoms with van der Waals surface area (Å²) in [6.45, 7) is 3.25. The summed E-state index contributed by atoms with van der Waals surface area (Å²) in [7, 11) is 0. The van der Waals surface area contributed by atoms with E-state index in [1.54, 1.807) is 26.0 Å². The Kier molecular flexibility index (Phi) is 3.60. The Morgan fingerprint density at radius 1 is 1.05 bits per heavy atom. The van der Waals surface area contributed by atoms with Gasteiger partial charge in [-0.15, -0.1) is 0 Å². The van der Waals surface area contributed by atoms with E-state index in [1.165, 1.54) is 24.3 Å². The fraction of sp³-hybridized carbons (Fsp3) is 0.133. The van der Waals surface area contributed by atoms with E-state index >= 15 is 0 Å². The van der Waals surface area contributed by atoms with Crippen LogP contribution in [0, 0.1) is 25.5 Å². The molecule has 0 aromatic heterocycles. The minimum atomic E-state index is -0.462. The Morgan fingerprint density at radius 3 is 2.47 bits per heavy atom. The lowest BCUT2D eigenvalue weighted by atomic mass is 10.1. The van der Waals surface area contributed by atoms with E-state index in [4.69, 9.17) is 0 Å². The SMILES string of the molecule is Cc1cc(F)ccc1C(=O)Nc1cccc(C)c1F. The van der Waals surface area contributed by atoms with E-state index in [-0.39, 0.29) is 5.69 Å². The number of amides is 1. The highest BCUT2D eigenvalue weighted by Crippen LogP contribution is 2.19. The molecule has 0 fully saturated rings. The smallest absolute Gasteiger partial charge is 0.256 e. The molecule has 0 spiro atoms. The van der Waals surface area contributed by atoms with Gasteiger partial charge in [-0.1, -0.05) is 12.1 Å². The molecule has 2 aromatic rings. The summed E-state index contributed by atoms with van der Waals surface area (Å²) in [6, 6.07) is 8.61. The highest BCUT2D eigenvalue weighted by atomic mass is 19.1. The van der Waals surface area contributed by atoms with Crippen LogP contribution in [0.5, 0.6) is 0 Å². The van der Waals surface area contributed by atoms with Gasteiger partial charge in [-0.3, -0.25) is 4.79 Å². The van der Waals surface area contributed by atoms with Crippen molar-refractivity contribution in [1.29, 1.82) is 0 Å². The standard InChI is InChI=1S/C15H13F2NO/c1-9-4-3-5-13(14(9)17)18-15(19)12-7-6-11(16)8-10(12)2/h3-8H,1-2H3,(H,18,19). The minimum Gasteiger partial charge on any atom is -0.319 e. The molecule has 98 valence electrons. The van der Waals surface area contributed by atoms with Crippen LogP contribution in [0.15, 0.2) is 36.4 Å². The number of benzene rings is 2. The van der Waals surface area contributed by atoms with E-state index in [0.29, 0.717) is 16.7 Å². The zero-order valence-electron chi connectivity index (χ0n) is 10.6. The van der Waals surface area contributed by atoms with Gasteiger partial charge in [0.15, 0.2) is 0 Å². The summed E-state index contributed by atoms with van der Waals surface area (Å²) in [6.07, 6.45) is 0. The van der Waals surface area contributed by atoms with Gasteiger partial charge in [0.2, 0.25) is 0 Å². The number of hydrogen-bond donors (Lipinski definition) is 1. The van der Waals surface area contributed by atoms with Gasteiger partial charge in [0.25, 0.3) is 5.91 Å². The molecule has 1 N–H and O–H groups in total. The summed E-state index contributed by atoms with van der Waals surface area (Å²) in [5, 5.41) is 2.49. The summed E-state index contributed by atoms with van der Waals surface area (Å²) < 4.78 is 26.7. The first-order valence-electron chi connectivity index (χ1n) is 5.81. The Hall–Kier alpha value is -2.23. The monoisotopic (exact) mass is 261 g/mol. The summed E-state index contributed by atoms with van der Waals surface area (Å²) >= 11 is 0. The van der Waals surface area contributed by atoms with Gasteiger partial charge in [-0.2, -0.15) is 0 Å². The molecule has 0 unspecified atom stereocenters. The van der Waals surface area contributed by atoms with Crippen LogP contribution in [0.4, 0.5) is 14.5 Å². The third kappa shape index (κ3) is 2.78. The molecule has 0 aliphatic rings. The third-order valence-corrected chi connectivity index (χ3v) is 2.87. The number of nitrogens with one attached hydrogen (secondary N) is 1. The number of hydrogen-bond acceptors (Lipinski definition) is 1. The first kappa shape index (κ1) is 13.2. The Bertz CT molecular complexity index is 638. The predicted octanol–water partition coefficient (Wildman–Crippen LogP) is 3.83. The zero-order chi connectivity index (χ0) is 14.0. The Labute approximate surface area is 110 Å². The molecule has 0 saturated heterocycles. The van der Waals surface area contributed by atoms with E-state index in [0.717, 1.165) is 0 Å². The van der Waals surface area contributed by atoms with Crippen molar-refractivity contribution in [1.82, 2.24) is 0 Å². The number of aryl methyl sites for hydroxylation is 2. The first-order chi connectivity index (χ1) is 8.99. The summed E-state index contributed by atoms with van der Waals surface area (Å²) in [5.74, 6) is -1.33. The average Bonchev–Trinajstić information content (AvgIpc) is 2.34. The van der Waals surface area contributed by atoms with Crippen molar-refractivity contribution in [2.45, 2.75) is 13.8 Å². The topological polar surface area (TPSA) is 29.1 Å². The van der Waals surface area contributed by atoms with E-state index in [9.17, 15) is 13.6 Å². The zero-order valence-corrected chi connectivity index (χ0v) is 10.6. The Balaban J connectivity index is 2.28. The molecule has 1 amide bonds. The van der Waals surface area contributed by atoms with Crippen molar-refractivity contribution in [3.8, 4) is 0 Å². The minimum absolute atomic E-state index is 0.119. The molecule has 2 rings (SSSR count). The van der Waals surface area contributed by atoms with Crippen molar-refractivity contribution in [3.05, 3.63) is 64.7 Å². The van der Waals surface area contributed by atoms with Gasteiger partial charge >= 0.3 is 0 Å². The molecule has 2 aromatic carbocycles. The molecule has 19 heavy (non-hydrogen) atoms. The molecular weight excluding hydrogens is 248 g/mol. The van der Waals surface area contributed by atoms with Gasteiger partial charge in [-0.05, 0) is 49.2 Å². The number of carbonyl (C=O) groups excluding carboxylic acids is 1. The fourth-order valence-electron chi connectivity index (χ4n) is 1.82. The molecule has 0 bridgehead atoms. The molecule has 0 atom stereocenters. The normalized spacial score (nSPS) is 10.3. The van der Waals surface area contributed by atoms with E-state index in [1.807, 2.05) is 0 Å². The second kappa shape index (κ2) is 5.18. The van der Waals surface area contributed by atoms with Crippen LogP contribution in [0.25, 0.3) is 0 Å². The number of carbonyl (C=O) groups is 1. The van der Waals surface area contributed by atoms with Gasteiger partial charge in [-0.25, -0.2) is 8.78 Å². The lowest BCUT2D eigenvalue weighted by Gasteiger charge is -2.09. The largest absolute Gasteiger partial charge is 0.319 e. The number of rotatable bonds is 2. The quantitative estimate of drug-likeness (QED) is 0.874. The van der Waals surface area contributed by atoms with Crippen LogP contribution < -0.4 is 5.32 Å². The van der Waals surface area contributed by atoms with E-state index in [2.05, 4.69) is 5.32 Å². The van der Waals surface area contributed by atoms with Crippen molar-refractivity contribution >= 4 is 11.6 Å². The van der Waals surface area contributed by atoms with Crippen molar-refractivity contribution in [2.24, 2.45) is 0 Å². The maximum absolute atomic E-state index is 13.8. The lowest BCUT2D eigenvalue weighted by molar-refractivity contribution is 0.102. The third-order valence-electron chi connectivity index (χ3n) is 2.87. The van der Waals surface area contributed by atoms with Crippen LogP contribution in [-0.4, -0.2) is 5.91 Å². The van der Waals surface area contributed by atoms with Crippen LogP contribution >= 0.6 is 0 Å². The molecule has 0 aliphatic heterocycles. The molecule has 0 saturated carbocycles. The molecule has 0 heterocycles. The highest BCUT2D eigenvalue weighted by molar-refractivity contribution is 6.05. The predicted molar refractivity (Wildman–Crippen MR) is 70.2 cm³/mol. The summed E-state index contributed by atoms with van der Waals surface area (Å²) in [4.78, 5) is 12.0. The molecule has 2 nitrogen and oxygen atoms in total. The highest BCUT2D eigenvalue weighted by Gasteiger charge is 2.12. The Morgan fingerprint density at radius 2 is 1.79 bits per heavy atom. The summed E-state index contributed by atoms with van der Waals surface area (Å²) in [5.41, 5.74) is 1.40. The maximum atomic E-state index is 13.8. The number of halogens is 2. The van der Waals surface area contributed by atoms with E-state index < -0.39 is 17.5 Å². The maximum Gasteiger partial charge on any atom is 0.256 e. The second-order valence-corrected chi connectivity index (χ2v) is 4.35. The van der Waals surface area contributed by atoms with Crippen LogP contribution in [0.1, 0.15) is 21.5 Å². The molecule has 4 heteroatoms. The lowest BCUT2D eigenvalue weighted by Crippen LogP contribution is -2.14. The van der Waals surface area contributed by atoms with Crippen LogP contribution in [0.2, 0.25) is 0 Å². The average molecular weight is 261 g/mol. The van der Waals surface area contributed by atoms with Crippen LogP contribution in [-0.2, 0) is 0 Å². The number of anilines is 1. The molecule has 0 radical (unpaired) electrons. The second-order valence-electron chi connectivity index (χ2n) is 4.35. The fourth-order valence-corrected chi connectivity index (χ4v) is 1.82. The van der Waals surface area contributed by atoms with Gasteiger partial charge in [0.05, 0.1) is 5.69 Å². The van der Waals surface area contributed by atoms with Crippen molar-refractivity contribution in [2.75, 3.05) is 5.32 Å². The van der Waals surface area contributed by atoms with Gasteiger partial charge in [0.1, 0.15) is 11.6 Å². The van der Waals surface area contributed by atoms with Gasteiger partial charge in [0, 0.05) is 5.56 Å². The van der Waals surface area contributed by atoms with Crippen molar-refractivity contribution < 1.29 is 13.6 Å². The van der Waals surface area contributed by atoms with Gasteiger partial charge < -0.3 is 5.32 Å². The molecular formula is C15H13F2NO. The van der Waals surface area contributed by atoms with Crippen molar-refractivity contribution in [3.63, 3.8) is 0 Å². The molecule has 0 aliphatic carbocycles. The van der Waals surface area contributed by atoms with Crippen LogP contribution in [0.3, 0.4) is 0 Å².